The second kappa shape index (κ2) is 4.96. The minimum Gasteiger partial charge on any atom is -0.508 e. The van der Waals surface area contributed by atoms with Crippen LogP contribution in [0.4, 0.5) is 4.39 Å². The summed E-state index contributed by atoms with van der Waals surface area (Å²) in [6.07, 6.45) is -0.607. The van der Waals surface area contributed by atoms with Crippen molar-refractivity contribution in [2.24, 2.45) is 0 Å². The van der Waals surface area contributed by atoms with Crippen LogP contribution in [0.2, 0.25) is 0 Å². The Kier molecular flexibility index (Phi) is 3.89. The molecule has 1 rings (SSSR count). The Morgan fingerprint density at radius 3 is 2.79 bits per heavy atom. The number of nitrogens with one attached hydrogen (secondary N) is 1. The number of hydrogen-bond donors (Lipinski definition) is 2. The lowest BCUT2D eigenvalue weighted by atomic mass is 10.0. The summed E-state index contributed by atoms with van der Waals surface area (Å²) in [5, 5.41) is 12.1. The summed E-state index contributed by atoms with van der Waals surface area (Å²) in [4.78, 5) is 0. The van der Waals surface area contributed by atoms with Crippen LogP contribution in [0.5, 0.6) is 5.75 Å². The zero-order valence-electron chi connectivity index (χ0n) is 8.50. The number of hydrogen-bond acceptors (Lipinski definition) is 2. The molecule has 2 unspecified atom stereocenters. The molecule has 0 spiro atoms. The minimum absolute atomic E-state index is 0.113. The van der Waals surface area contributed by atoms with Crippen molar-refractivity contribution in [3.05, 3.63) is 29.8 Å². The molecule has 0 fully saturated rings. The highest BCUT2D eigenvalue weighted by atomic mass is 19.1. The highest BCUT2D eigenvalue weighted by Gasteiger charge is 2.13. The van der Waals surface area contributed by atoms with Crippen LogP contribution in [0.15, 0.2) is 24.3 Å². The molecule has 0 saturated heterocycles. The van der Waals surface area contributed by atoms with Gasteiger partial charge >= 0.3 is 0 Å². The number of phenolic OH excluding ortho intramolecular Hbond substituents is 1. The van der Waals surface area contributed by atoms with Crippen molar-refractivity contribution in [3.8, 4) is 5.75 Å². The largest absolute Gasteiger partial charge is 0.508 e. The van der Waals surface area contributed by atoms with Gasteiger partial charge in [0.25, 0.3) is 0 Å². The molecule has 78 valence electrons. The van der Waals surface area contributed by atoms with E-state index in [1.54, 1.807) is 19.2 Å². The summed E-state index contributed by atoms with van der Waals surface area (Å²) in [5.74, 6) is 0.113. The number of alkyl halides is 1. The average molecular weight is 197 g/mol. The first-order chi connectivity index (χ1) is 6.63. The third kappa shape index (κ3) is 3.00. The van der Waals surface area contributed by atoms with Crippen molar-refractivity contribution in [2.45, 2.75) is 25.6 Å². The van der Waals surface area contributed by atoms with Gasteiger partial charge < -0.3 is 10.4 Å². The maximum absolute atomic E-state index is 13.6. The smallest absolute Gasteiger partial charge is 0.127 e. The van der Waals surface area contributed by atoms with Crippen LogP contribution in [0.3, 0.4) is 0 Å². The highest BCUT2D eigenvalue weighted by molar-refractivity contribution is 5.28. The van der Waals surface area contributed by atoms with Gasteiger partial charge in [0, 0.05) is 6.04 Å². The number of rotatable bonds is 4. The summed E-state index contributed by atoms with van der Waals surface area (Å²) < 4.78 is 13.6. The Labute approximate surface area is 83.8 Å². The van der Waals surface area contributed by atoms with E-state index in [4.69, 9.17) is 0 Å². The van der Waals surface area contributed by atoms with Gasteiger partial charge in [0.1, 0.15) is 11.9 Å². The van der Waals surface area contributed by atoms with Gasteiger partial charge in [-0.15, -0.1) is 0 Å². The normalized spacial score (nSPS) is 15.1. The fourth-order valence-electron chi connectivity index (χ4n) is 1.28. The quantitative estimate of drug-likeness (QED) is 0.776. The summed E-state index contributed by atoms with van der Waals surface area (Å²) >= 11 is 0. The molecule has 0 heterocycles. The van der Waals surface area contributed by atoms with E-state index >= 15 is 0 Å². The maximum atomic E-state index is 13.6. The molecule has 14 heavy (non-hydrogen) atoms. The summed E-state index contributed by atoms with van der Waals surface area (Å²) in [7, 11) is 1.81. The zero-order chi connectivity index (χ0) is 10.6. The minimum atomic E-state index is -1.02. The molecule has 0 aliphatic heterocycles. The number of aromatic hydroxyl groups is 1. The molecular weight excluding hydrogens is 181 g/mol. The highest BCUT2D eigenvalue weighted by Crippen LogP contribution is 2.25. The predicted molar refractivity (Wildman–Crippen MR) is 55.1 cm³/mol. The fourth-order valence-corrected chi connectivity index (χ4v) is 1.28. The van der Waals surface area contributed by atoms with E-state index in [2.05, 4.69) is 5.32 Å². The Morgan fingerprint density at radius 1 is 1.50 bits per heavy atom. The van der Waals surface area contributed by atoms with E-state index in [9.17, 15) is 9.50 Å². The Morgan fingerprint density at radius 2 is 2.21 bits per heavy atom. The Balaban J connectivity index is 2.64. The first-order valence-electron chi connectivity index (χ1n) is 4.73. The maximum Gasteiger partial charge on any atom is 0.127 e. The monoisotopic (exact) mass is 197 g/mol. The van der Waals surface area contributed by atoms with E-state index in [1.807, 2.05) is 6.92 Å². The van der Waals surface area contributed by atoms with E-state index in [-0.39, 0.29) is 11.8 Å². The van der Waals surface area contributed by atoms with Gasteiger partial charge in [-0.05, 0) is 38.1 Å². The number of phenols is 1. The van der Waals surface area contributed by atoms with Crippen molar-refractivity contribution < 1.29 is 9.50 Å². The van der Waals surface area contributed by atoms with Crippen molar-refractivity contribution in [2.75, 3.05) is 7.05 Å². The standard InChI is InChI=1S/C11H16FNO/c1-8(13-2)6-11(12)9-4-3-5-10(14)7-9/h3-5,7-8,11,13-14H,6H2,1-2H3. The molecule has 2 N–H and O–H groups in total. The van der Waals surface area contributed by atoms with Gasteiger partial charge in [0.2, 0.25) is 0 Å². The second-order valence-electron chi connectivity index (χ2n) is 3.49. The third-order valence-electron chi connectivity index (χ3n) is 2.29. The molecule has 1 aromatic rings. The Hall–Kier alpha value is -1.09. The first-order valence-corrected chi connectivity index (χ1v) is 4.73. The van der Waals surface area contributed by atoms with E-state index in [1.165, 1.54) is 12.1 Å². The van der Waals surface area contributed by atoms with Crippen LogP contribution >= 0.6 is 0 Å². The SMILES string of the molecule is CNC(C)CC(F)c1cccc(O)c1. The van der Waals surface area contributed by atoms with Crippen LogP contribution in [0, 0.1) is 0 Å². The second-order valence-corrected chi connectivity index (χ2v) is 3.49. The van der Waals surface area contributed by atoms with Crippen LogP contribution in [-0.4, -0.2) is 18.2 Å². The van der Waals surface area contributed by atoms with E-state index in [0.29, 0.717) is 12.0 Å². The number of halogens is 1. The predicted octanol–water partition coefficient (Wildman–Crippen LogP) is 2.40. The van der Waals surface area contributed by atoms with Crippen LogP contribution in [0.25, 0.3) is 0 Å². The van der Waals surface area contributed by atoms with Gasteiger partial charge in [-0.2, -0.15) is 0 Å². The van der Waals surface area contributed by atoms with E-state index in [0.717, 1.165) is 0 Å². The molecule has 0 aliphatic rings. The molecule has 0 saturated carbocycles. The van der Waals surface area contributed by atoms with Gasteiger partial charge in [0.05, 0.1) is 0 Å². The fraction of sp³-hybridized carbons (Fsp3) is 0.455. The molecule has 0 amide bonds. The molecule has 2 nitrogen and oxygen atoms in total. The lowest BCUT2D eigenvalue weighted by Gasteiger charge is -2.14. The van der Waals surface area contributed by atoms with Crippen molar-refractivity contribution in [1.82, 2.24) is 5.32 Å². The Bertz CT molecular complexity index is 290. The zero-order valence-corrected chi connectivity index (χ0v) is 8.50. The molecule has 0 radical (unpaired) electrons. The van der Waals surface area contributed by atoms with Gasteiger partial charge in [-0.25, -0.2) is 4.39 Å². The lowest BCUT2D eigenvalue weighted by Crippen LogP contribution is -2.22. The molecule has 0 bridgehead atoms. The van der Waals surface area contributed by atoms with E-state index < -0.39 is 6.17 Å². The summed E-state index contributed by atoms with van der Waals surface area (Å²) in [6, 6.07) is 6.48. The molecule has 3 heteroatoms. The van der Waals surface area contributed by atoms with Crippen molar-refractivity contribution in [3.63, 3.8) is 0 Å². The summed E-state index contributed by atoms with van der Waals surface area (Å²) in [5.41, 5.74) is 0.534. The van der Waals surface area contributed by atoms with Crippen LogP contribution in [-0.2, 0) is 0 Å². The summed E-state index contributed by atoms with van der Waals surface area (Å²) in [6.45, 7) is 1.93. The molecule has 0 aromatic heterocycles. The first kappa shape index (κ1) is 11.0. The molecular formula is C11H16FNO. The van der Waals surface area contributed by atoms with Crippen molar-refractivity contribution >= 4 is 0 Å². The van der Waals surface area contributed by atoms with Gasteiger partial charge in [-0.3, -0.25) is 0 Å². The van der Waals surface area contributed by atoms with Gasteiger partial charge in [-0.1, -0.05) is 12.1 Å². The average Bonchev–Trinajstić information content (AvgIpc) is 2.17. The topological polar surface area (TPSA) is 32.3 Å². The van der Waals surface area contributed by atoms with Crippen LogP contribution in [0.1, 0.15) is 25.1 Å². The number of benzene rings is 1. The molecule has 2 atom stereocenters. The lowest BCUT2D eigenvalue weighted by molar-refractivity contribution is 0.294. The van der Waals surface area contributed by atoms with Crippen LogP contribution < -0.4 is 5.32 Å². The molecule has 1 aromatic carbocycles. The van der Waals surface area contributed by atoms with Crippen molar-refractivity contribution in [1.29, 1.82) is 0 Å². The molecule has 0 aliphatic carbocycles. The third-order valence-corrected chi connectivity index (χ3v) is 2.29. The van der Waals surface area contributed by atoms with Gasteiger partial charge in [0.15, 0.2) is 0 Å².